The summed E-state index contributed by atoms with van der Waals surface area (Å²) in [5, 5.41) is 9.45. The molecule has 35 heavy (non-hydrogen) atoms. The molecule has 0 unspecified atom stereocenters. The van der Waals surface area contributed by atoms with E-state index in [9.17, 15) is 23.0 Å². The average molecular weight is 496 g/mol. The van der Waals surface area contributed by atoms with Gasteiger partial charge in [0, 0.05) is 12.3 Å². The lowest BCUT2D eigenvalue weighted by Crippen LogP contribution is -2.12. The first-order valence-electron chi connectivity index (χ1n) is 11.1. The van der Waals surface area contributed by atoms with Crippen molar-refractivity contribution in [2.75, 3.05) is 12.8 Å². The van der Waals surface area contributed by atoms with Crippen molar-refractivity contribution in [2.45, 2.75) is 42.9 Å². The minimum Gasteiger partial charge on any atom is -0.464 e. The summed E-state index contributed by atoms with van der Waals surface area (Å²) in [6.07, 6.45) is 6.81. The highest BCUT2D eigenvalue weighted by Gasteiger charge is 2.26. The fraction of sp³-hybridized carbons (Fsp3) is 0.280. The van der Waals surface area contributed by atoms with Gasteiger partial charge >= 0.3 is 5.97 Å². The molecule has 10 heteroatoms. The molecule has 0 radical (unpaired) electrons. The molecule has 0 aliphatic heterocycles. The van der Waals surface area contributed by atoms with E-state index in [1.165, 1.54) is 42.5 Å². The van der Waals surface area contributed by atoms with Gasteiger partial charge in [-0.05, 0) is 42.5 Å². The van der Waals surface area contributed by atoms with Gasteiger partial charge in [0.25, 0.3) is 10.1 Å². The van der Waals surface area contributed by atoms with Crippen LogP contribution < -0.4 is 10.5 Å². The number of hydrogen-bond acceptors (Lipinski definition) is 7. The molecule has 3 N–H and O–H groups in total. The summed E-state index contributed by atoms with van der Waals surface area (Å²) in [4.78, 5) is 12.1. The Morgan fingerprint density at radius 1 is 1.14 bits per heavy atom. The predicted octanol–water partition coefficient (Wildman–Crippen LogP) is 4.80. The highest BCUT2D eigenvalue weighted by Crippen LogP contribution is 2.41. The maximum atomic E-state index is 12.5. The molecule has 1 aliphatic rings. The Morgan fingerprint density at radius 2 is 1.86 bits per heavy atom. The Kier molecular flexibility index (Phi) is 6.82. The SMILES string of the molecule is COC(=O)c1c(N)c(C#N)cn1-c1ccc(S(=O)(=O)O)cc1Oc1ccccc1C1CCCCC1. The number of esters is 1. The van der Waals surface area contributed by atoms with Gasteiger partial charge in [0.2, 0.25) is 0 Å². The lowest BCUT2D eigenvalue weighted by molar-refractivity contribution is 0.0593. The molecule has 182 valence electrons. The smallest absolute Gasteiger partial charge is 0.357 e. The molecular weight excluding hydrogens is 470 g/mol. The number of benzene rings is 2. The van der Waals surface area contributed by atoms with Crippen LogP contribution in [0.5, 0.6) is 11.5 Å². The molecule has 1 saturated carbocycles. The third kappa shape index (κ3) is 4.87. The number of ether oxygens (including phenoxy) is 2. The molecule has 1 fully saturated rings. The lowest BCUT2D eigenvalue weighted by atomic mass is 9.84. The second kappa shape index (κ2) is 9.82. The number of carbonyl (C=O) groups excluding carboxylic acids is 1. The molecule has 0 amide bonds. The first-order chi connectivity index (χ1) is 16.7. The van der Waals surface area contributed by atoms with Gasteiger partial charge in [-0.1, -0.05) is 37.5 Å². The second-order valence-corrected chi connectivity index (χ2v) is 9.78. The maximum Gasteiger partial charge on any atom is 0.357 e. The first-order valence-corrected chi connectivity index (χ1v) is 12.6. The number of carbonyl (C=O) groups is 1. The van der Waals surface area contributed by atoms with Crippen molar-refractivity contribution in [1.29, 1.82) is 5.26 Å². The second-order valence-electron chi connectivity index (χ2n) is 8.36. The van der Waals surface area contributed by atoms with Crippen LogP contribution in [0.4, 0.5) is 5.69 Å². The van der Waals surface area contributed by atoms with Crippen LogP contribution in [0.1, 0.15) is 59.6 Å². The fourth-order valence-corrected chi connectivity index (χ4v) is 4.98. The number of rotatable bonds is 6. The standard InChI is InChI=1S/C25H25N3O6S/c1-33-25(29)24-23(27)17(14-26)15-28(24)20-12-11-18(35(30,31)32)13-22(20)34-21-10-6-5-9-19(21)16-7-3-2-4-8-16/h5-6,9-13,15-16H,2-4,7-8,27H2,1H3,(H,30,31,32). The van der Waals surface area contributed by atoms with E-state index >= 15 is 0 Å². The number of nitriles is 1. The molecular formula is C25H25N3O6S. The van der Waals surface area contributed by atoms with Crippen LogP contribution in [-0.4, -0.2) is 30.6 Å². The number of hydrogen-bond donors (Lipinski definition) is 2. The van der Waals surface area contributed by atoms with Crippen LogP contribution in [0.3, 0.4) is 0 Å². The van der Waals surface area contributed by atoms with Gasteiger partial charge in [0.05, 0.1) is 28.9 Å². The molecule has 1 aromatic heterocycles. The molecule has 0 saturated heterocycles. The van der Waals surface area contributed by atoms with E-state index in [4.69, 9.17) is 15.2 Å². The van der Waals surface area contributed by atoms with Crippen LogP contribution in [-0.2, 0) is 14.9 Å². The number of nitrogen functional groups attached to an aromatic ring is 1. The van der Waals surface area contributed by atoms with Crippen molar-refractivity contribution in [3.63, 3.8) is 0 Å². The molecule has 1 aliphatic carbocycles. The Hall–Kier alpha value is -3.81. The molecule has 0 bridgehead atoms. The quantitative estimate of drug-likeness (QED) is 0.366. The number of nitrogens with two attached hydrogens (primary N) is 1. The van der Waals surface area contributed by atoms with Gasteiger partial charge in [-0.15, -0.1) is 0 Å². The minimum absolute atomic E-state index is 0.0396. The van der Waals surface area contributed by atoms with Gasteiger partial charge in [0.15, 0.2) is 11.4 Å². The number of methoxy groups -OCH3 is 1. The number of aromatic nitrogens is 1. The topological polar surface area (TPSA) is 145 Å². The summed E-state index contributed by atoms with van der Waals surface area (Å²) in [6, 6.07) is 13.2. The molecule has 4 rings (SSSR count). The zero-order valence-corrected chi connectivity index (χ0v) is 19.9. The lowest BCUT2D eigenvalue weighted by Gasteiger charge is -2.24. The highest BCUT2D eigenvalue weighted by molar-refractivity contribution is 7.85. The van der Waals surface area contributed by atoms with Crippen molar-refractivity contribution >= 4 is 21.8 Å². The third-order valence-corrected chi connectivity index (χ3v) is 7.07. The number of para-hydroxylation sites is 1. The summed E-state index contributed by atoms with van der Waals surface area (Å²) in [5.41, 5.74) is 7.12. The Morgan fingerprint density at radius 3 is 2.51 bits per heavy atom. The number of anilines is 1. The van der Waals surface area contributed by atoms with E-state index in [-0.39, 0.29) is 33.3 Å². The third-order valence-electron chi connectivity index (χ3n) is 6.22. The predicted molar refractivity (Wildman–Crippen MR) is 128 cm³/mol. The molecule has 2 aromatic carbocycles. The van der Waals surface area contributed by atoms with E-state index < -0.39 is 16.1 Å². The molecule has 0 atom stereocenters. The monoisotopic (exact) mass is 495 g/mol. The van der Waals surface area contributed by atoms with Crippen LogP contribution in [0.15, 0.2) is 53.6 Å². The van der Waals surface area contributed by atoms with Crippen LogP contribution in [0.2, 0.25) is 0 Å². The minimum atomic E-state index is -4.54. The molecule has 3 aromatic rings. The van der Waals surface area contributed by atoms with Crippen molar-refractivity contribution in [3.05, 3.63) is 65.5 Å². The molecule has 1 heterocycles. The van der Waals surface area contributed by atoms with E-state index in [0.29, 0.717) is 11.7 Å². The molecule has 9 nitrogen and oxygen atoms in total. The van der Waals surface area contributed by atoms with E-state index in [1.807, 2.05) is 24.3 Å². The average Bonchev–Trinajstić information content (AvgIpc) is 3.19. The van der Waals surface area contributed by atoms with Gasteiger partial charge in [-0.3, -0.25) is 4.55 Å². The number of nitrogens with zero attached hydrogens (tertiary/aromatic N) is 2. The van der Waals surface area contributed by atoms with Crippen LogP contribution >= 0.6 is 0 Å². The van der Waals surface area contributed by atoms with Gasteiger partial charge in [0.1, 0.15) is 11.8 Å². The van der Waals surface area contributed by atoms with Crippen molar-refractivity contribution in [3.8, 4) is 23.3 Å². The Labute approximate surface area is 203 Å². The summed E-state index contributed by atoms with van der Waals surface area (Å²) >= 11 is 0. The summed E-state index contributed by atoms with van der Waals surface area (Å²) in [5.74, 6) is 0.101. The van der Waals surface area contributed by atoms with Gasteiger partial charge in [-0.25, -0.2) is 4.79 Å². The zero-order valence-electron chi connectivity index (χ0n) is 19.1. The van der Waals surface area contributed by atoms with E-state index in [1.54, 1.807) is 6.07 Å². The summed E-state index contributed by atoms with van der Waals surface area (Å²) in [7, 11) is -3.36. The highest BCUT2D eigenvalue weighted by atomic mass is 32.2. The van der Waals surface area contributed by atoms with Gasteiger partial charge in [-0.2, -0.15) is 13.7 Å². The maximum absolute atomic E-state index is 12.5. The normalized spacial score (nSPS) is 14.3. The summed E-state index contributed by atoms with van der Waals surface area (Å²) < 4.78 is 45.8. The van der Waals surface area contributed by atoms with E-state index in [0.717, 1.165) is 31.2 Å². The molecule has 0 spiro atoms. The Bertz CT molecular complexity index is 1420. The van der Waals surface area contributed by atoms with Gasteiger partial charge < -0.3 is 19.8 Å². The van der Waals surface area contributed by atoms with E-state index in [2.05, 4.69) is 0 Å². The zero-order chi connectivity index (χ0) is 25.2. The largest absolute Gasteiger partial charge is 0.464 e. The fourth-order valence-electron chi connectivity index (χ4n) is 4.48. The van der Waals surface area contributed by atoms with Crippen LogP contribution in [0, 0.1) is 11.3 Å². The summed E-state index contributed by atoms with van der Waals surface area (Å²) in [6.45, 7) is 0. The Balaban J connectivity index is 1.90. The first kappa shape index (κ1) is 24.3. The van der Waals surface area contributed by atoms with Crippen LogP contribution in [0.25, 0.3) is 5.69 Å². The van der Waals surface area contributed by atoms with Crippen molar-refractivity contribution in [2.24, 2.45) is 0 Å². The van der Waals surface area contributed by atoms with Crippen molar-refractivity contribution < 1.29 is 27.2 Å². The van der Waals surface area contributed by atoms with Crippen molar-refractivity contribution in [1.82, 2.24) is 4.57 Å².